The number of methoxy groups -OCH3 is 2. The second-order valence-electron chi connectivity index (χ2n) is 8.25. The molecule has 0 amide bonds. The number of benzene rings is 2. The SMILES string of the molecule is CCC(=O)Oc1c(OC)cc(/C=C2\N=C(c3ccc(C(C)(C)C)cc3)OC2=O)cc1OC. The second kappa shape index (κ2) is 9.26. The minimum atomic E-state index is -0.556. The van der Waals surface area contributed by atoms with Crippen molar-refractivity contribution in [1.82, 2.24) is 0 Å². The highest BCUT2D eigenvalue weighted by Crippen LogP contribution is 2.39. The van der Waals surface area contributed by atoms with E-state index in [1.807, 2.05) is 24.3 Å². The van der Waals surface area contributed by atoms with E-state index < -0.39 is 11.9 Å². The molecule has 0 aromatic heterocycles. The van der Waals surface area contributed by atoms with Crippen molar-refractivity contribution in [2.75, 3.05) is 14.2 Å². The molecule has 2 aromatic rings. The van der Waals surface area contributed by atoms with E-state index in [1.165, 1.54) is 19.8 Å². The van der Waals surface area contributed by atoms with Crippen molar-refractivity contribution in [2.24, 2.45) is 4.99 Å². The Balaban J connectivity index is 1.94. The highest BCUT2D eigenvalue weighted by molar-refractivity contribution is 6.12. The zero-order valence-corrected chi connectivity index (χ0v) is 19.1. The first-order valence-corrected chi connectivity index (χ1v) is 10.3. The molecule has 1 aliphatic rings. The quantitative estimate of drug-likeness (QED) is 0.371. The van der Waals surface area contributed by atoms with Gasteiger partial charge in [0.15, 0.2) is 17.2 Å². The molecule has 3 rings (SSSR count). The van der Waals surface area contributed by atoms with Gasteiger partial charge < -0.3 is 18.9 Å². The van der Waals surface area contributed by atoms with E-state index in [0.29, 0.717) is 22.6 Å². The fourth-order valence-electron chi connectivity index (χ4n) is 3.07. The minimum Gasteiger partial charge on any atom is -0.493 e. The van der Waals surface area contributed by atoms with Gasteiger partial charge in [-0.05, 0) is 46.9 Å². The van der Waals surface area contributed by atoms with E-state index in [-0.39, 0.29) is 29.2 Å². The van der Waals surface area contributed by atoms with E-state index >= 15 is 0 Å². The normalized spacial score (nSPS) is 14.8. The number of rotatable bonds is 6. The molecule has 32 heavy (non-hydrogen) atoms. The van der Waals surface area contributed by atoms with E-state index in [4.69, 9.17) is 18.9 Å². The van der Waals surface area contributed by atoms with Gasteiger partial charge in [0.25, 0.3) is 0 Å². The Hall–Kier alpha value is -3.61. The number of carbonyl (C=O) groups is 2. The van der Waals surface area contributed by atoms with Gasteiger partial charge >= 0.3 is 11.9 Å². The van der Waals surface area contributed by atoms with Crippen LogP contribution in [0.25, 0.3) is 6.08 Å². The summed E-state index contributed by atoms with van der Waals surface area (Å²) in [6, 6.07) is 11.0. The molecular formula is C25H27NO6. The van der Waals surface area contributed by atoms with Gasteiger partial charge in [0.2, 0.25) is 11.6 Å². The number of nitrogens with zero attached hydrogens (tertiary/aromatic N) is 1. The van der Waals surface area contributed by atoms with Gasteiger partial charge in [-0.3, -0.25) is 4.79 Å². The van der Waals surface area contributed by atoms with Crippen molar-refractivity contribution < 1.29 is 28.5 Å². The lowest BCUT2D eigenvalue weighted by Crippen LogP contribution is -2.11. The summed E-state index contributed by atoms with van der Waals surface area (Å²) in [5.74, 6) is 0.0473. The summed E-state index contributed by atoms with van der Waals surface area (Å²) < 4.78 is 21.4. The molecule has 2 aromatic carbocycles. The summed E-state index contributed by atoms with van der Waals surface area (Å²) in [5.41, 5.74) is 2.63. The first kappa shape index (κ1) is 23.1. The zero-order valence-electron chi connectivity index (χ0n) is 19.1. The summed E-state index contributed by atoms with van der Waals surface area (Å²) >= 11 is 0. The second-order valence-corrected chi connectivity index (χ2v) is 8.25. The molecule has 1 heterocycles. The average molecular weight is 437 g/mol. The highest BCUT2D eigenvalue weighted by atomic mass is 16.6. The van der Waals surface area contributed by atoms with Crippen LogP contribution in [0.5, 0.6) is 17.2 Å². The maximum atomic E-state index is 12.4. The van der Waals surface area contributed by atoms with Gasteiger partial charge in [0, 0.05) is 12.0 Å². The van der Waals surface area contributed by atoms with Crippen molar-refractivity contribution in [1.29, 1.82) is 0 Å². The lowest BCUT2D eigenvalue weighted by atomic mass is 9.87. The number of carbonyl (C=O) groups excluding carboxylic acids is 2. The molecule has 0 saturated carbocycles. The number of hydrogen-bond acceptors (Lipinski definition) is 7. The number of esters is 2. The third-order valence-electron chi connectivity index (χ3n) is 4.91. The lowest BCUT2D eigenvalue weighted by Gasteiger charge is -2.18. The summed E-state index contributed by atoms with van der Waals surface area (Å²) in [6.45, 7) is 8.09. The van der Waals surface area contributed by atoms with Crippen molar-refractivity contribution in [2.45, 2.75) is 39.5 Å². The van der Waals surface area contributed by atoms with Gasteiger partial charge in [-0.2, -0.15) is 0 Å². The number of cyclic esters (lactones) is 1. The van der Waals surface area contributed by atoms with Gasteiger partial charge in [-0.1, -0.05) is 39.8 Å². The summed E-state index contributed by atoms with van der Waals surface area (Å²) in [7, 11) is 2.91. The first-order valence-electron chi connectivity index (χ1n) is 10.3. The van der Waals surface area contributed by atoms with Gasteiger partial charge in [-0.15, -0.1) is 0 Å². The standard InChI is InChI=1S/C25H27NO6/c1-7-21(27)31-22-19(29-5)13-15(14-20(22)30-6)12-18-24(28)32-23(26-18)16-8-10-17(11-9-16)25(2,3)4/h8-14H,7H2,1-6H3/b18-12-. The van der Waals surface area contributed by atoms with Crippen molar-refractivity contribution in [3.63, 3.8) is 0 Å². The molecule has 0 atom stereocenters. The van der Waals surface area contributed by atoms with Gasteiger partial charge in [0.05, 0.1) is 14.2 Å². The molecular weight excluding hydrogens is 410 g/mol. The Morgan fingerprint density at radius 1 is 1.06 bits per heavy atom. The van der Waals surface area contributed by atoms with E-state index in [9.17, 15) is 9.59 Å². The minimum absolute atomic E-state index is 0.0213. The summed E-state index contributed by atoms with van der Waals surface area (Å²) in [6.07, 6.45) is 1.77. The Morgan fingerprint density at radius 3 is 2.16 bits per heavy atom. The van der Waals surface area contributed by atoms with Crippen LogP contribution < -0.4 is 14.2 Å². The van der Waals surface area contributed by atoms with Gasteiger partial charge in [0.1, 0.15) is 0 Å². The maximum Gasteiger partial charge on any atom is 0.363 e. The smallest absolute Gasteiger partial charge is 0.363 e. The number of hydrogen-bond donors (Lipinski definition) is 0. The highest BCUT2D eigenvalue weighted by Gasteiger charge is 2.25. The molecule has 0 aliphatic carbocycles. The third kappa shape index (κ3) is 4.99. The monoisotopic (exact) mass is 437 g/mol. The van der Waals surface area contributed by atoms with Crippen molar-refractivity contribution in [3.05, 3.63) is 58.8 Å². The third-order valence-corrected chi connectivity index (χ3v) is 4.91. The molecule has 168 valence electrons. The predicted molar refractivity (Wildman–Crippen MR) is 121 cm³/mol. The summed E-state index contributed by atoms with van der Waals surface area (Å²) in [5, 5.41) is 0. The molecule has 0 saturated heterocycles. The van der Waals surface area contributed by atoms with Crippen LogP contribution in [0, 0.1) is 0 Å². The molecule has 0 N–H and O–H groups in total. The van der Waals surface area contributed by atoms with Crippen LogP contribution >= 0.6 is 0 Å². The Labute approximate surface area is 187 Å². The predicted octanol–water partition coefficient (Wildman–Crippen LogP) is 4.66. The summed E-state index contributed by atoms with van der Waals surface area (Å²) in [4.78, 5) is 28.5. The van der Waals surface area contributed by atoms with Crippen LogP contribution in [0.4, 0.5) is 0 Å². The largest absolute Gasteiger partial charge is 0.493 e. The van der Waals surface area contributed by atoms with Crippen molar-refractivity contribution in [3.8, 4) is 17.2 Å². The molecule has 0 unspecified atom stereocenters. The fourth-order valence-corrected chi connectivity index (χ4v) is 3.07. The Kier molecular flexibility index (Phi) is 6.67. The van der Waals surface area contributed by atoms with Crippen LogP contribution in [-0.4, -0.2) is 32.1 Å². The van der Waals surface area contributed by atoms with Crippen LogP contribution in [-0.2, 0) is 19.7 Å². The molecule has 7 heteroatoms. The van der Waals surface area contributed by atoms with E-state index in [1.54, 1.807) is 25.1 Å². The molecule has 0 fully saturated rings. The van der Waals surface area contributed by atoms with Crippen LogP contribution in [0.15, 0.2) is 47.1 Å². The van der Waals surface area contributed by atoms with Crippen LogP contribution in [0.1, 0.15) is 50.8 Å². The number of aliphatic imine (C=N–C) groups is 1. The molecule has 0 spiro atoms. The van der Waals surface area contributed by atoms with Crippen molar-refractivity contribution >= 4 is 23.9 Å². The van der Waals surface area contributed by atoms with Gasteiger partial charge in [-0.25, -0.2) is 9.79 Å². The lowest BCUT2D eigenvalue weighted by molar-refractivity contribution is -0.134. The molecule has 0 bridgehead atoms. The maximum absolute atomic E-state index is 12.4. The average Bonchev–Trinajstić information content (AvgIpc) is 3.13. The topological polar surface area (TPSA) is 83.4 Å². The zero-order chi connectivity index (χ0) is 23.5. The Bertz CT molecular complexity index is 1070. The molecule has 0 radical (unpaired) electrons. The molecule has 7 nitrogen and oxygen atoms in total. The Morgan fingerprint density at radius 2 is 1.66 bits per heavy atom. The van der Waals surface area contributed by atoms with Crippen LogP contribution in [0.2, 0.25) is 0 Å². The molecule has 1 aliphatic heterocycles. The van der Waals surface area contributed by atoms with E-state index in [2.05, 4.69) is 25.8 Å². The number of ether oxygens (including phenoxy) is 4. The first-order chi connectivity index (χ1) is 15.2. The fraction of sp³-hybridized carbons (Fsp3) is 0.320. The van der Waals surface area contributed by atoms with Crippen LogP contribution in [0.3, 0.4) is 0 Å². The van der Waals surface area contributed by atoms with E-state index in [0.717, 1.165) is 0 Å².